The maximum Gasteiger partial charge on any atom is 0.255 e. The summed E-state index contributed by atoms with van der Waals surface area (Å²) in [7, 11) is 0. The van der Waals surface area contributed by atoms with E-state index in [1.807, 2.05) is 6.07 Å². The van der Waals surface area contributed by atoms with Crippen molar-refractivity contribution in [2.75, 3.05) is 5.32 Å². The molecule has 0 saturated heterocycles. The van der Waals surface area contributed by atoms with Crippen LogP contribution in [0.2, 0.25) is 0 Å². The fourth-order valence-corrected chi connectivity index (χ4v) is 1.90. The van der Waals surface area contributed by atoms with Crippen LogP contribution < -0.4 is 5.32 Å². The van der Waals surface area contributed by atoms with E-state index in [4.69, 9.17) is 0 Å². The van der Waals surface area contributed by atoms with Gasteiger partial charge in [-0.25, -0.2) is 0 Å². The lowest BCUT2D eigenvalue weighted by Gasteiger charge is -2.07. The quantitative estimate of drug-likeness (QED) is 0.640. The number of nitrogens with one attached hydrogen (secondary N) is 1. The smallest absolute Gasteiger partial charge is 0.255 e. The van der Waals surface area contributed by atoms with Gasteiger partial charge in [0.15, 0.2) is 17.2 Å². The maximum atomic E-state index is 11.9. The highest BCUT2D eigenvalue weighted by Gasteiger charge is 2.13. The predicted octanol–water partition coefficient (Wildman–Crippen LogP) is 2.82. The van der Waals surface area contributed by atoms with E-state index >= 15 is 0 Å². The standard InChI is InChI=1S/C13H10BrNO4/c14-8-2-1-3-9(6-8)15-13(19)7-4-10(16)12(18)11(17)5-7/h1-6,16-18H,(H,15,19). The highest BCUT2D eigenvalue weighted by atomic mass is 79.9. The van der Waals surface area contributed by atoms with Gasteiger partial charge in [-0.2, -0.15) is 0 Å². The molecule has 0 fully saturated rings. The summed E-state index contributed by atoms with van der Waals surface area (Å²) in [5.74, 6) is -2.28. The van der Waals surface area contributed by atoms with Gasteiger partial charge in [-0.1, -0.05) is 22.0 Å². The molecule has 19 heavy (non-hydrogen) atoms. The Labute approximate surface area is 117 Å². The summed E-state index contributed by atoms with van der Waals surface area (Å²) in [6.45, 7) is 0. The molecule has 6 heteroatoms. The monoisotopic (exact) mass is 323 g/mol. The molecule has 2 aromatic carbocycles. The van der Waals surface area contributed by atoms with Crippen molar-refractivity contribution in [1.29, 1.82) is 0 Å². The first kappa shape index (κ1) is 13.2. The topological polar surface area (TPSA) is 89.8 Å². The molecular formula is C13H10BrNO4. The number of aromatic hydroxyl groups is 3. The SMILES string of the molecule is O=C(Nc1cccc(Br)c1)c1cc(O)c(O)c(O)c1. The number of benzene rings is 2. The maximum absolute atomic E-state index is 11.9. The lowest BCUT2D eigenvalue weighted by atomic mass is 10.1. The van der Waals surface area contributed by atoms with E-state index in [-0.39, 0.29) is 5.56 Å². The van der Waals surface area contributed by atoms with Gasteiger partial charge >= 0.3 is 0 Å². The summed E-state index contributed by atoms with van der Waals surface area (Å²) >= 11 is 3.28. The number of hydrogen-bond donors (Lipinski definition) is 4. The Morgan fingerprint density at radius 3 is 2.26 bits per heavy atom. The van der Waals surface area contributed by atoms with Gasteiger partial charge in [0.2, 0.25) is 0 Å². The molecule has 2 rings (SSSR count). The van der Waals surface area contributed by atoms with Gasteiger partial charge < -0.3 is 20.6 Å². The van der Waals surface area contributed by atoms with Crippen molar-refractivity contribution in [3.05, 3.63) is 46.4 Å². The fourth-order valence-electron chi connectivity index (χ4n) is 1.50. The number of phenolic OH excluding ortho intramolecular Hbond substituents is 3. The minimum Gasteiger partial charge on any atom is -0.504 e. The molecule has 98 valence electrons. The molecule has 0 spiro atoms. The molecule has 0 bridgehead atoms. The van der Waals surface area contributed by atoms with E-state index in [2.05, 4.69) is 21.2 Å². The van der Waals surface area contributed by atoms with Crippen molar-refractivity contribution < 1.29 is 20.1 Å². The molecule has 4 N–H and O–H groups in total. The Kier molecular flexibility index (Phi) is 3.62. The molecule has 0 saturated carbocycles. The fraction of sp³-hybridized carbons (Fsp3) is 0. The van der Waals surface area contributed by atoms with E-state index in [1.54, 1.807) is 18.2 Å². The van der Waals surface area contributed by atoms with Crippen LogP contribution in [0.5, 0.6) is 17.2 Å². The molecule has 0 atom stereocenters. The van der Waals surface area contributed by atoms with Gasteiger partial charge in [0.05, 0.1) is 0 Å². The van der Waals surface area contributed by atoms with Crippen LogP contribution in [-0.4, -0.2) is 21.2 Å². The van der Waals surface area contributed by atoms with E-state index in [9.17, 15) is 20.1 Å². The van der Waals surface area contributed by atoms with E-state index in [0.717, 1.165) is 16.6 Å². The van der Waals surface area contributed by atoms with Gasteiger partial charge in [0.25, 0.3) is 5.91 Å². The Hall–Kier alpha value is -2.21. The average molecular weight is 324 g/mol. The zero-order chi connectivity index (χ0) is 14.0. The van der Waals surface area contributed by atoms with E-state index in [0.29, 0.717) is 5.69 Å². The molecule has 0 heterocycles. The Bertz CT molecular complexity index is 619. The third-order valence-electron chi connectivity index (χ3n) is 2.41. The van der Waals surface area contributed by atoms with Crippen molar-refractivity contribution in [3.63, 3.8) is 0 Å². The summed E-state index contributed by atoms with van der Waals surface area (Å²) in [6.07, 6.45) is 0. The molecule has 0 aliphatic carbocycles. The second kappa shape index (κ2) is 5.19. The van der Waals surface area contributed by atoms with Gasteiger partial charge in [-0.3, -0.25) is 4.79 Å². The van der Waals surface area contributed by atoms with Crippen LogP contribution in [0, 0.1) is 0 Å². The highest BCUT2D eigenvalue weighted by molar-refractivity contribution is 9.10. The van der Waals surface area contributed by atoms with Gasteiger partial charge in [0, 0.05) is 15.7 Å². The zero-order valence-electron chi connectivity index (χ0n) is 9.59. The van der Waals surface area contributed by atoms with Crippen LogP contribution in [0.1, 0.15) is 10.4 Å². The van der Waals surface area contributed by atoms with Crippen LogP contribution in [0.4, 0.5) is 5.69 Å². The molecule has 0 unspecified atom stereocenters. The number of carbonyl (C=O) groups excluding carboxylic acids is 1. The van der Waals surface area contributed by atoms with Crippen molar-refractivity contribution in [1.82, 2.24) is 0 Å². The molecule has 0 aliphatic heterocycles. The molecule has 2 aromatic rings. The largest absolute Gasteiger partial charge is 0.504 e. The summed E-state index contributed by atoms with van der Waals surface area (Å²) in [4.78, 5) is 11.9. The number of carbonyl (C=O) groups is 1. The second-order valence-electron chi connectivity index (χ2n) is 3.83. The van der Waals surface area contributed by atoms with Crippen molar-refractivity contribution in [2.45, 2.75) is 0 Å². The van der Waals surface area contributed by atoms with Crippen LogP contribution >= 0.6 is 15.9 Å². The van der Waals surface area contributed by atoms with E-state index < -0.39 is 23.2 Å². The second-order valence-corrected chi connectivity index (χ2v) is 4.74. The van der Waals surface area contributed by atoms with Crippen molar-refractivity contribution in [2.24, 2.45) is 0 Å². The first-order chi connectivity index (χ1) is 8.97. The number of halogens is 1. The normalized spacial score (nSPS) is 10.2. The predicted molar refractivity (Wildman–Crippen MR) is 73.5 cm³/mol. The van der Waals surface area contributed by atoms with Gasteiger partial charge in [-0.15, -0.1) is 0 Å². The first-order valence-corrected chi connectivity index (χ1v) is 6.08. The molecule has 0 aromatic heterocycles. The molecular weight excluding hydrogens is 314 g/mol. The minimum absolute atomic E-state index is 0.0350. The Balaban J connectivity index is 2.25. The minimum atomic E-state index is -0.654. The Morgan fingerprint density at radius 1 is 1.05 bits per heavy atom. The molecule has 0 aliphatic rings. The van der Waals surface area contributed by atoms with E-state index in [1.165, 1.54) is 0 Å². The highest BCUT2D eigenvalue weighted by Crippen LogP contribution is 2.35. The third kappa shape index (κ3) is 2.97. The number of rotatable bonds is 2. The van der Waals surface area contributed by atoms with Crippen molar-refractivity contribution in [3.8, 4) is 17.2 Å². The number of anilines is 1. The summed E-state index contributed by atoms with van der Waals surface area (Å²) < 4.78 is 0.807. The van der Waals surface area contributed by atoms with Crippen LogP contribution in [0.25, 0.3) is 0 Å². The van der Waals surface area contributed by atoms with Gasteiger partial charge in [-0.05, 0) is 30.3 Å². The lowest BCUT2D eigenvalue weighted by molar-refractivity contribution is 0.102. The van der Waals surface area contributed by atoms with Crippen LogP contribution in [0.3, 0.4) is 0 Å². The van der Waals surface area contributed by atoms with Crippen LogP contribution in [0.15, 0.2) is 40.9 Å². The zero-order valence-corrected chi connectivity index (χ0v) is 11.2. The van der Waals surface area contributed by atoms with Crippen molar-refractivity contribution >= 4 is 27.5 Å². The number of phenols is 3. The van der Waals surface area contributed by atoms with Gasteiger partial charge in [0.1, 0.15) is 0 Å². The molecule has 5 nitrogen and oxygen atoms in total. The van der Waals surface area contributed by atoms with Crippen LogP contribution in [-0.2, 0) is 0 Å². The number of amides is 1. The summed E-state index contributed by atoms with van der Waals surface area (Å²) in [5, 5.41) is 30.5. The first-order valence-electron chi connectivity index (χ1n) is 5.29. The number of hydrogen-bond acceptors (Lipinski definition) is 4. The lowest BCUT2D eigenvalue weighted by Crippen LogP contribution is -2.11. The Morgan fingerprint density at radius 2 is 1.68 bits per heavy atom. The summed E-state index contributed by atoms with van der Waals surface area (Å²) in [5.41, 5.74) is 0.596. The molecule has 1 amide bonds. The average Bonchev–Trinajstić information content (AvgIpc) is 2.35. The molecule has 0 radical (unpaired) electrons. The third-order valence-corrected chi connectivity index (χ3v) is 2.91. The summed E-state index contributed by atoms with van der Waals surface area (Å²) in [6, 6.07) is 9.12.